The van der Waals surface area contributed by atoms with Gasteiger partial charge in [-0.2, -0.15) is 0 Å². The average molecular weight is 508 g/mol. The third-order valence-corrected chi connectivity index (χ3v) is 6.77. The van der Waals surface area contributed by atoms with Crippen molar-refractivity contribution in [2.24, 2.45) is 7.05 Å². The van der Waals surface area contributed by atoms with Gasteiger partial charge in [-0.3, -0.25) is 10.1 Å². The molecule has 0 saturated heterocycles. The molecule has 1 aromatic carbocycles. The van der Waals surface area contributed by atoms with E-state index in [9.17, 15) is 10.1 Å². The van der Waals surface area contributed by atoms with Crippen molar-refractivity contribution in [3.63, 3.8) is 0 Å². The normalized spacial score (nSPS) is 19.5. The molecule has 0 spiro atoms. The second-order valence-electron chi connectivity index (χ2n) is 9.27. The molecular weight excluding hydrogens is 474 g/mol. The number of ether oxygens (including phenoxy) is 2. The molecule has 11 heteroatoms. The van der Waals surface area contributed by atoms with Gasteiger partial charge in [-0.1, -0.05) is 18.2 Å². The van der Waals surface area contributed by atoms with E-state index in [1.54, 1.807) is 32.5 Å². The number of para-hydroxylation sites is 1. The Balaban J connectivity index is 1.74. The molecule has 2 unspecified atom stereocenters. The van der Waals surface area contributed by atoms with E-state index in [1.807, 2.05) is 61.1 Å². The summed E-state index contributed by atoms with van der Waals surface area (Å²) in [4.78, 5) is 23.0. The van der Waals surface area contributed by atoms with Crippen LogP contribution in [0.2, 0.25) is 0 Å². The molecule has 1 aliphatic rings. The summed E-state index contributed by atoms with van der Waals surface area (Å²) in [6, 6.07) is 7.00. The minimum absolute atomic E-state index is 0.269. The smallest absolute Gasteiger partial charge is 0.255 e. The molecule has 2 atom stereocenters. The molecule has 1 aliphatic carbocycles. The Hall–Kier alpha value is -3.96. The number of aromatic nitrogens is 3. The highest BCUT2D eigenvalue weighted by Crippen LogP contribution is 2.36. The summed E-state index contributed by atoms with van der Waals surface area (Å²) in [6.07, 6.45) is 7.45. The third kappa shape index (κ3) is 5.00. The quantitative estimate of drug-likeness (QED) is 0.315. The Bertz CT molecular complexity index is 1360. The van der Waals surface area contributed by atoms with Crippen LogP contribution in [-0.2, 0) is 11.8 Å². The fraction of sp³-hybridized carbons (Fsp3) is 0.385. The van der Waals surface area contributed by atoms with Gasteiger partial charge in [0.15, 0.2) is 5.75 Å². The summed E-state index contributed by atoms with van der Waals surface area (Å²) in [7, 11) is 10.7. The zero-order valence-electron chi connectivity index (χ0n) is 22.0. The first-order valence-corrected chi connectivity index (χ1v) is 11.9. The van der Waals surface area contributed by atoms with E-state index >= 15 is 0 Å². The number of benzene rings is 1. The molecular formula is C26H33N7O4. The summed E-state index contributed by atoms with van der Waals surface area (Å²) in [5.74, 6) is 1.26. The molecule has 0 saturated carbocycles. The summed E-state index contributed by atoms with van der Waals surface area (Å²) in [5.41, 5.74) is 2.06. The third-order valence-electron chi connectivity index (χ3n) is 6.77. The lowest BCUT2D eigenvalue weighted by molar-refractivity contribution is -0.519. The fourth-order valence-corrected chi connectivity index (χ4v) is 4.70. The molecule has 2 aromatic heterocycles. The Morgan fingerprint density at radius 1 is 1.24 bits per heavy atom. The van der Waals surface area contributed by atoms with Crippen LogP contribution in [0.4, 0.5) is 5.95 Å². The van der Waals surface area contributed by atoms with Crippen molar-refractivity contribution in [1.29, 1.82) is 0 Å². The number of anilines is 1. The number of likely N-dealkylation sites (N-methyl/N-ethyl adjacent to an activating group) is 1. The van der Waals surface area contributed by atoms with Gasteiger partial charge < -0.3 is 29.6 Å². The minimum Gasteiger partial charge on any atom is -0.495 e. The van der Waals surface area contributed by atoms with Crippen molar-refractivity contribution in [1.82, 2.24) is 24.8 Å². The molecule has 11 nitrogen and oxygen atoms in total. The summed E-state index contributed by atoms with van der Waals surface area (Å²) < 4.78 is 13.3. The molecule has 0 radical (unpaired) electrons. The van der Waals surface area contributed by atoms with Crippen molar-refractivity contribution >= 4 is 16.9 Å². The first kappa shape index (κ1) is 26.1. The van der Waals surface area contributed by atoms with Crippen LogP contribution in [0.25, 0.3) is 22.2 Å². The van der Waals surface area contributed by atoms with Crippen molar-refractivity contribution in [2.45, 2.75) is 18.0 Å². The SMILES string of the molecule is CNC1(CCN(C)C)C=C(OC)C(Nc2ncc(OC)c(-c3cn(C)c4ccccc34)n2)=CC1[N+](=O)[O-]. The summed E-state index contributed by atoms with van der Waals surface area (Å²) in [6.45, 7) is 0.658. The number of methoxy groups -OCH3 is 2. The van der Waals surface area contributed by atoms with Gasteiger partial charge in [-0.15, -0.1) is 0 Å². The lowest BCUT2D eigenvalue weighted by Crippen LogP contribution is -2.57. The second kappa shape index (κ2) is 10.6. The molecule has 2 heterocycles. The molecule has 2 N–H and O–H groups in total. The molecule has 0 fully saturated rings. The van der Waals surface area contributed by atoms with E-state index in [0.717, 1.165) is 16.5 Å². The summed E-state index contributed by atoms with van der Waals surface area (Å²) in [5, 5.41) is 19.5. The highest BCUT2D eigenvalue weighted by atomic mass is 16.6. The predicted octanol–water partition coefficient (Wildman–Crippen LogP) is 3.04. The zero-order chi connectivity index (χ0) is 26.7. The van der Waals surface area contributed by atoms with Crippen molar-refractivity contribution < 1.29 is 14.4 Å². The monoisotopic (exact) mass is 507 g/mol. The van der Waals surface area contributed by atoms with Gasteiger partial charge in [0.05, 0.1) is 26.1 Å². The Morgan fingerprint density at radius 2 is 2.00 bits per heavy atom. The van der Waals surface area contributed by atoms with Gasteiger partial charge in [-0.05, 0) is 46.3 Å². The number of rotatable bonds is 10. The highest BCUT2D eigenvalue weighted by molar-refractivity contribution is 5.96. The number of nitro groups is 1. The maximum absolute atomic E-state index is 12.2. The minimum atomic E-state index is -1.03. The van der Waals surface area contributed by atoms with E-state index < -0.39 is 11.6 Å². The molecule has 0 bridgehead atoms. The first-order valence-electron chi connectivity index (χ1n) is 11.9. The van der Waals surface area contributed by atoms with Crippen LogP contribution < -0.4 is 15.4 Å². The predicted molar refractivity (Wildman–Crippen MR) is 143 cm³/mol. The summed E-state index contributed by atoms with van der Waals surface area (Å²) >= 11 is 0. The Morgan fingerprint density at radius 3 is 2.65 bits per heavy atom. The molecule has 0 aliphatic heterocycles. The van der Waals surface area contributed by atoms with Crippen LogP contribution in [-0.4, -0.2) is 77.8 Å². The largest absolute Gasteiger partial charge is 0.495 e. The van der Waals surface area contributed by atoms with Crippen LogP contribution in [0.15, 0.2) is 60.3 Å². The van der Waals surface area contributed by atoms with Crippen LogP contribution in [0.5, 0.6) is 5.75 Å². The van der Waals surface area contributed by atoms with Gasteiger partial charge in [0, 0.05) is 40.7 Å². The van der Waals surface area contributed by atoms with E-state index in [0.29, 0.717) is 35.9 Å². The van der Waals surface area contributed by atoms with Gasteiger partial charge in [0.1, 0.15) is 17.0 Å². The van der Waals surface area contributed by atoms with E-state index in [1.165, 1.54) is 7.11 Å². The average Bonchev–Trinajstić information content (AvgIpc) is 3.23. The Labute approximate surface area is 215 Å². The lowest BCUT2D eigenvalue weighted by atomic mass is 9.82. The maximum atomic E-state index is 12.2. The van der Waals surface area contributed by atoms with E-state index in [4.69, 9.17) is 14.5 Å². The van der Waals surface area contributed by atoms with Crippen LogP contribution in [0.1, 0.15) is 6.42 Å². The lowest BCUT2D eigenvalue weighted by Gasteiger charge is -2.36. The van der Waals surface area contributed by atoms with Crippen molar-refractivity contribution in [3.8, 4) is 17.0 Å². The van der Waals surface area contributed by atoms with Crippen LogP contribution >= 0.6 is 0 Å². The topological polar surface area (TPSA) is 120 Å². The number of nitrogens with zero attached hydrogens (tertiary/aromatic N) is 5. The molecule has 196 valence electrons. The van der Waals surface area contributed by atoms with E-state index in [2.05, 4.69) is 15.6 Å². The number of nitrogens with one attached hydrogen (secondary N) is 2. The van der Waals surface area contributed by atoms with Gasteiger partial charge in [-0.25, -0.2) is 9.97 Å². The molecule has 3 aromatic rings. The van der Waals surface area contributed by atoms with Gasteiger partial charge in [0.2, 0.25) is 5.95 Å². The van der Waals surface area contributed by atoms with Gasteiger partial charge >= 0.3 is 0 Å². The standard InChI is InChI=1S/C26H33N7O4/c1-27-26(11-12-31(2)3)14-21(36-5)19(13-23(26)33(34)35)29-25-28-15-22(37-6)24(30-25)18-16-32(4)20-10-8-7-9-17(18)20/h7-10,13-16,23,27H,11-12H2,1-6H3,(H,28,29,30). The molecule has 0 amide bonds. The highest BCUT2D eigenvalue weighted by Gasteiger charge is 2.46. The van der Waals surface area contributed by atoms with Crippen LogP contribution in [0.3, 0.4) is 0 Å². The number of aryl methyl sites for hydroxylation is 1. The van der Waals surface area contributed by atoms with Gasteiger partial charge in [0.25, 0.3) is 6.04 Å². The molecule has 37 heavy (non-hydrogen) atoms. The second-order valence-corrected chi connectivity index (χ2v) is 9.27. The first-order chi connectivity index (χ1) is 17.7. The van der Waals surface area contributed by atoms with Crippen molar-refractivity contribution in [2.75, 3.05) is 47.2 Å². The zero-order valence-corrected chi connectivity index (χ0v) is 22.0. The fourth-order valence-electron chi connectivity index (χ4n) is 4.70. The van der Waals surface area contributed by atoms with E-state index in [-0.39, 0.29) is 10.9 Å². The number of hydrogen-bond acceptors (Lipinski definition) is 9. The van der Waals surface area contributed by atoms with Crippen LogP contribution in [0, 0.1) is 10.1 Å². The maximum Gasteiger partial charge on any atom is 0.255 e. The Kier molecular flexibility index (Phi) is 7.46. The number of fused-ring (bicyclic) bond motifs is 1. The number of hydrogen-bond donors (Lipinski definition) is 2. The van der Waals surface area contributed by atoms with Crippen molar-refractivity contribution in [3.05, 3.63) is 70.4 Å². The molecule has 4 rings (SSSR count).